The Morgan fingerprint density at radius 2 is 2.20 bits per heavy atom. The van der Waals surface area contributed by atoms with Crippen LogP contribution in [0.2, 0.25) is 0 Å². The van der Waals surface area contributed by atoms with Crippen molar-refractivity contribution >= 4 is 0 Å². The molecule has 0 aliphatic heterocycles. The number of hydrogen-bond acceptors (Lipinski definition) is 4. The second-order valence-electron chi connectivity index (χ2n) is 4.45. The van der Waals surface area contributed by atoms with Gasteiger partial charge >= 0.3 is 0 Å². The van der Waals surface area contributed by atoms with Gasteiger partial charge in [-0.15, -0.1) is 0 Å². The number of nitriles is 1. The van der Waals surface area contributed by atoms with Crippen LogP contribution in [0, 0.1) is 11.3 Å². The summed E-state index contributed by atoms with van der Waals surface area (Å²) in [5.74, 6) is 1.14. The maximum Gasteiger partial charge on any atom is 0.219 e. The lowest BCUT2D eigenvalue weighted by Gasteiger charge is -2.12. The van der Waals surface area contributed by atoms with Gasteiger partial charge < -0.3 is 10.1 Å². The van der Waals surface area contributed by atoms with Crippen molar-refractivity contribution in [3.63, 3.8) is 0 Å². The molecule has 0 saturated carbocycles. The predicted molar refractivity (Wildman–Crippen MR) is 77.6 cm³/mol. The molecule has 1 aromatic carbocycles. The second kappa shape index (κ2) is 6.69. The number of nitrogens with one attached hydrogen (secondary N) is 1. The first-order chi connectivity index (χ1) is 9.72. The molecule has 0 radical (unpaired) electrons. The lowest BCUT2D eigenvalue weighted by atomic mass is 10.1. The highest BCUT2D eigenvalue weighted by Gasteiger charge is 2.05. The maximum atomic E-state index is 8.85. The van der Waals surface area contributed by atoms with Crippen LogP contribution in [0.15, 0.2) is 42.6 Å². The van der Waals surface area contributed by atoms with Gasteiger partial charge in [0, 0.05) is 18.3 Å². The lowest BCUT2D eigenvalue weighted by molar-refractivity contribution is 0.461. The van der Waals surface area contributed by atoms with Gasteiger partial charge in [0.05, 0.1) is 11.6 Å². The van der Waals surface area contributed by atoms with E-state index in [-0.39, 0.29) is 6.04 Å². The van der Waals surface area contributed by atoms with Gasteiger partial charge in [-0.3, -0.25) is 0 Å². The van der Waals surface area contributed by atoms with Crippen molar-refractivity contribution in [3.05, 3.63) is 53.7 Å². The molecule has 0 saturated heterocycles. The lowest BCUT2D eigenvalue weighted by Crippen LogP contribution is -2.17. The molecule has 1 heterocycles. The molecular weight excluding hydrogens is 250 g/mol. The summed E-state index contributed by atoms with van der Waals surface area (Å²) in [6.45, 7) is 5.08. The van der Waals surface area contributed by atoms with Crippen LogP contribution in [0.5, 0.6) is 11.6 Å². The van der Waals surface area contributed by atoms with Crippen LogP contribution in [-0.2, 0) is 0 Å². The van der Waals surface area contributed by atoms with Crippen molar-refractivity contribution in [1.82, 2.24) is 10.3 Å². The van der Waals surface area contributed by atoms with Gasteiger partial charge in [-0.05, 0) is 37.2 Å². The molecule has 1 atom stereocenters. The monoisotopic (exact) mass is 267 g/mol. The van der Waals surface area contributed by atoms with Crippen molar-refractivity contribution in [2.45, 2.75) is 19.9 Å². The third-order valence-electron chi connectivity index (χ3n) is 2.96. The molecule has 4 nitrogen and oxygen atoms in total. The summed E-state index contributed by atoms with van der Waals surface area (Å²) in [5, 5.41) is 12.2. The van der Waals surface area contributed by atoms with Gasteiger partial charge in [0.25, 0.3) is 0 Å². The first-order valence-corrected chi connectivity index (χ1v) is 6.60. The third-order valence-corrected chi connectivity index (χ3v) is 2.96. The van der Waals surface area contributed by atoms with E-state index in [0.717, 1.165) is 12.1 Å². The molecule has 0 aliphatic rings. The SMILES string of the molecule is CCNC(C)c1ccc(Oc2cccc(C#N)c2)nc1. The van der Waals surface area contributed by atoms with Crippen molar-refractivity contribution in [2.75, 3.05) is 6.54 Å². The summed E-state index contributed by atoms with van der Waals surface area (Å²) in [7, 11) is 0. The normalized spacial score (nSPS) is 11.7. The highest BCUT2D eigenvalue weighted by Crippen LogP contribution is 2.21. The molecule has 2 rings (SSSR count). The number of nitrogens with zero attached hydrogens (tertiary/aromatic N) is 2. The molecule has 1 N–H and O–H groups in total. The molecule has 0 spiro atoms. The summed E-state index contributed by atoms with van der Waals surface area (Å²) in [6, 6.07) is 13.2. The molecule has 1 aromatic heterocycles. The topological polar surface area (TPSA) is 57.9 Å². The minimum absolute atomic E-state index is 0.267. The number of hydrogen-bond donors (Lipinski definition) is 1. The largest absolute Gasteiger partial charge is 0.439 e. The Labute approximate surface area is 119 Å². The Balaban J connectivity index is 2.09. The van der Waals surface area contributed by atoms with Gasteiger partial charge in [0.15, 0.2) is 0 Å². The van der Waals surface area contributed by atoms with Gasteiger partial charge in [0.1, 0.15) is 5.75 Å². The molecule has 4 heteroatoms. The standard InChI is InChI=1S/C16H17N3O/c1-3-18-12(2)14-7-8-16(19-11-14)20-15-6-4-5-13(9-15)10-17/h4-9,11-12,18H,3H2,1-2H3. The van der Waals surface area contributed by atoms with Crippen LogP contribution < -0.4 is 10.1 Å². The zero-order valence-corrected chi connectivity index (χ0v) is 11.6. The fourth-order valence-corrected chi connectivity index (χ4v) is 1.88. The molecule has 0 amide bonds. The van der Waals surface area contributed by atoms with Gasteiger partial charge in [-0.1, -0.05) is 19.1 Å². The second-order valence-corrected chi connectivity index (χ2v) is 4.45. The van der Waals surface area contributed by atoms with E-state index in [4.69, 9.17) is 10.00 Å². The molecule has 2 aromatic rings. The molecule has 0 fully saturated rings. The van der Waals surface area contributed by atoms with E-state index >= 15 is 0 Å². The van der Waals surface area contributed by atoms with Crippen LogP contribution in [0.25, 0.3) is 0 Å². The highest BCUT2D eigenvalue weighted by atomic mass is 16.5. The number of pyridine rings is 1. The van der Waals surface area contributed by atoms with E-state index in [2.05, 4.69) is 30.2 Å². The average molecular weight is 267 g/mol. The molecule has 102 valence electrons. The average Bonchev–Trinajstić information content (AvgIpc) is 2.48. The Hall–Kier alpha value is -2.38. The van der Waals surface area contributed by atoms with E-state index in [1.807, 2.05) is 12.1 Å². The minimum Gasteiger partial charge on any atom is -0.439 e. The predicted octanol–water partition coefficient (Wildman–Crippen LogP) is 3.42. The number of rotatable bonds is 5. The Morgan fingerprint density at radius 1 is 1.35 bits per heavy atom. The first-order valence-electron chi connectivity index (χ1n) is 6.60. The van der Waals surface area contributed by atoms with Crippen LogP contribution >= 0.6 is 0 Å². The quantitative estimate of drug-likeness (QED) is 0.901. The fourth-order valence-electron chi connectivity index (χ4n) is 1.88. The molecule has 0 bridgehead atoms. The Bertz CT molecular complexity index is 602. The number of ether oxygens (including phenoxy) is 1. The zero-order valence-electron chi connectivity index (χ0n) is 11.6. The Kier molecular flexibility index (Phi) is 4.70. The van der Waals surface area contributed by atoms with Crippen molar-refractivity contribution in [2.24, 2.45) is 0 Å². The van der Waals surface area contributed by atoms with Crippen molar-refractivity contribution in [1.29, 1.82) is 5.26 Å². The van der Waals surface area contributed by atoms with Crippen molar-refractivity contribution in [3.8, 4) is 17.7 Å². The van der Waals surface area contributed by atoms with Gasteiger partial charge in [0.2, 0.25) is 5.88 Å². The number of aromatic nitrogens is 1. The smallest absolute Gasteiger partial charge is 0.219 e. The summed E-state index contributed by atoms with van der Waals surface area (Å²) in [4.78, 5) is 4.29. The van der Waals surface area contributed by atoms with Gasteiger partial charge in [-0.25, -0.2) is 4.98 Å². The van der Waals surface area contributed by atoms with E-state index in [1.165, 1.54) is 0 Å². The van der Waals surface area contributed by atoms with Crippen LogP contribution in [0.4, 0.5) is 0 Å². The summed E-state index contributed by atoms with van der Waals surface area (Å²) < 4.78 is 5.63. The summed E-state index contributed by atoms with van der Waals surface area (Å²) >= 11 is 0. The van der Waals surface area contributed by atoms with E-state index in [1.54, 1.807) is 30.5 Å². The molecule has 20 heavy (non-hydrogen) atoms. The molecule has 0 aliphatic carbocycles. The van der Waals surface area contributed by atoms with E-state index in [0.29, 0.717) is 17.2 Å². The van der Waals surface area contributed by atoms with Crippen LogP contribution in [0.3, 0.4) is 0 Å². The minimum atomic E-state index is 0.267. The van der Waals surface area contributed by atoms with E-state index in [9.17, 15) is 0 Å². The fraction of sp³-hybridized carbons (Fsp3) is 0.250. The molecular formula is C16H17N3O. The summed E-state index contributed by atoms with van der Waals surface area (Å²) in [6.07, 6.45) is 1.80. The zero-order chi connectivity index (χ0) is 14.4. The summed E-state index contributed by atoms with van der Waals surface area (Å²) in [5.41, 5.74) is 1.69. The third kappa shape index (κ3) is 3.56. The van der Waals surface area contributed by atoms with Crippen LogP contribution in [-0.4, -0.2) is 11.5 Å². The van der Waals surface area contributed by atoms with E-state index < -0.39 is 0 Å². The van der Waals surface area contributed by atoms with Crippen molar-refractivity contribution < 1.29 is 4.74 Å². The molecule has 1 unspecified atom stereocenters. The van der Waals surface area contributed by atoms with Crippen LogP contribution in [0.1, 0.15) is 31.0 Å². The van der Waals surface area contributed by atoms with Gasteiger partial charge in [-0.2, -0.15) is 5.26 Å². The highest BCUT2D eigenvalue weighted by molar-refractivity contribution is 5.38. The maximum absolute atomic E-state index is 8.85. The Morgan fingerprint density at radius 3 is 2.85 bits per heavy atom. The first kappa shape index (κ1) is 14.0. The number of benzene rings is 1.